The van der Waals surface area contributed by atoms with E-state index < -0.39 is 0 Å². The van der Waals surface area contributed by atoms with Crippen LogP contribution in [0.3, 0.4) is 0 Å². The Balaban J connectivity index is 1.83. The van der Waals surface area contributed by atoms with E-state index in [0.717, 1.165) is 12.8 Å². The van der Waals surface area contributed by atoms with E-state index in [2.05, 4.69) is 5.32 Å². The Kier molecular flexibility index (Phi) is 5.44. The first kappa shape index (κ1) is 15.3. The predicted molar refractivity (Wildman–Crippen MR) is 79.2 cm³/mol. The second-order valence-corrected chi connectivity index (χ2v) is 6.59. The van der Waals surface area contributed by atoms with Crippen LogP contribution in [0.4, 0.5) is 0 Å². The van der Waals surface area contributed by atoms with Gasteiger partial charge in [0.1, 0.15) is 0 Å². The van der Waals surface area contributed by atoms with E-state index in [1.807, 2.05) is 18.7 Å². The van der Waals surface area contributed by atoms with E-state index in [1.54, 1.807) is 0 Å². The van der Waals surface area contributed by atoms with E-state index in [0.29, 0.717) is 19.0 Å². The minimum Gasteiger partial charge on any atom is -0.353 e. The van der Waals surface area contributed by atoms with Crippen molar-refractivity contribution in [2.75, 3.05) is 6.54 Å². The van der Waals surface area contributed by atoms with Crippen molar-refractivity contribution in [3.05, 3.63) is 0 Å². The molecule has 20 heavy (non-hydrogen) atoms. The minimum absolute atomic E-state index is 0.0899. The van der Waals surface area contributed by atoms with Crippen LogP contribution in [0.25, 0.3) is 0 Å². The van der Waals surface area contributed by atoms with Gasteiger partial charge in [0, 0.05) is 25.0 Å². The van der Waals surface area contributed by atoms with Crippen molar-refractivity contribution in [2.24, 2.45) is 5.92 Å². The fourth-order valence-electron chi connectivity index (χ4n) is 3.33. The molecule has 1 aliphatic heterocycles. The highest BCUT2D eigenvalue weighted by molar-refractivity contribution is 5.89. The van der Waals surface area contributed by atoms with Crippen molar-refractivity contribution < 1.29 is 9.59 Å². The minimum atomic E-state index is -0.143. The van der Waals surface area contributed by atoms with E-state index in [9.17, 15) is 9.59 Å². The largest absolute Gasteiger partial charge is 0.353 e. The van der Waals surface area contributed by atoms with Gasteiger partial charge in [-0.05, 0) is 26.7 Å². The highest BCUT2D eigenvalue weighted by atomic mass is 16.2. The highest BCUT2D eigenvalue weighted by Crippen LogP contribution is 2.22. The molecule has 2 rings (SSSR count). The molecule has 1 heterocycles. The molecule has 1 aliphatic carbocycles. The SMILES string of the molecule is CC(C)N1C[C@H](C(=O)NC2CCCCCCC2)CC1=O. The second-order valence-electron chi connectivity index (χ2n) is 6.59. The van der Waals surface area contributed by atoms with Crippen molar-refractivity contribution in [1.29, 1.82) is 0 Å². The van der Waals surface area contributed by atoms with Crippen LogP contribution in [0.2, 0.25) is 0 Å². The predicted octanol–water partition coefficient (Wildman–Crippen LogP) is 2.47. The lowest BCUT2D eigenvalue weighted by Gasteiger charge is -2.23. The van der Waals surface area contributed by atoms with Gasteiger partial charge in [0.25, 0.3) is 0 Å². The molecule has 0 unspecified atom stereocenters. The summed E-state index contributed by atoms with van der Waals surface area (Å²) in [6, 6.07) is 0.521. The molecule has 2 fully saturated rings. The lowest BCUT2D eigenvalue weighted by atomic mass is 9.96. The fraction of sp³-hybridized carbons (Fsp3) is 0.875. The quantitative estimate of drug-likeness (QED) is 0.863. The smallest absolute Gasteiger partial charge is 0.225 e. The van der Waals surface area contributed by atoms with Gasteiger partial charge in [-0.1, -0.05) is 32.1 Å². The maximum Gasteiger partial charge on any atom is 0.225 e. The third-order valence-electron chi connectivity index (χ3n) is 4.60. The molecule has 4 heteroatoms. The normalized spacial score (nSPS) is 25.6. The topological polar surface area (TPSA) is 49.4 Å². The molecule has 2 amide bonds. The molecule has 0 spiro atoms. The number of hydrogen-bond donors (Lipinski definition) is 1. The number of hydrogen-bond acceptors (Lipinski definition) is 2. The molecule has 114 valence electrons. The summed E-state index contributed by atoms with van der Waals surface area (Å²) in [7, 11) is 0. The summed E-state index contributed by atoms with van der Waals surface area (Å²) in [5, 5.41) is 3.19. The van der Waals surface area contributed by atoms with E-state index >= 15 is 0 Å². The zero-order valence-electron chi connectivity index (χ0n) is 12.9. The Morgan fingerprint density at radius 2 is 1.75 bits per heavy atom. The molecule has 4 nitrogen and oxygen atoms in total. The zero-order valence-corrected chi connectivity index (χ0v) is 12.9. The summed E-state index contributed by atoms with van der Waals surface area (Å²) in [6.45, 7) is 4.61. The molecule has 1 saturated heterocycles. The monoisotopic (exact) mass is 280 g/mol. The van der Waals surface area contributed by atoms with Crippen LogP contribution in [0.15, 0.2) is 0 Å². The summed E-state index contributed by atoms with van der Waals surface area (Å²) in [4.78, 5) is 26.0. The Labute approximate surface area is 122 Å². The van der Waals surface area contributed by atoms with E-state index in [4.69, 9.17) is 0 Å². The van der Waals surface area contributed by atoms with Gasteiger partial charge in [0.05, 0.1) is 5.92 Å². The van der Waals surface area contributed by atoms with Gasteiger partial charge in [-0.15, -0.1) is 0 Å². The third kappa shape index (κ3) is 3.97. The van der Waals surface area contributed by atoms with E-state index in [-0.39, 0.29) is 23.8 Å². The van der Waals surface area contributed by atoms with Crippen LogP contribution in [0.5, 0.6) is 0 Å². The number of carbonyl (C=O) groups is 2. The molecule has 0 aromatic carbocycles. The summed E-state index contributed by atoms with van der Waals surface area (Å²) in [5.41, 5.74) is 0. The van der Waals surface area contributed by atoms with Gasteiger partial charge in [-0.25, -0.2) is 0 Å². The zero-order chi connectivity index (χ0) is 14.5. The first-order valence-electron chi connectivity index (χ1n) is 8.17. The number of carbonyl (C=O) groups excluding carboxylic acids is 2. The summed E-state index contributed by atoms with van der Waals surface area (Å²) in [5.74, 6) is 0.0697. The fourth-order valence-corrected chi connectivity index (χ4v) is 3.33. The summed E-state index contributed by atoms with van der Waals surface area (Å²) >= 11 is 0. The lowest BCUT2D eigenvalue weighted by Crippen LogP contribution is -2.40. The average molecular weight is 280 g/mol. The lowest BCUT2D eigenvalue weighted by molar-refractivity contribution is -0.130. The van der Waals surface area contributed by atoms with Gasteiger partial charge in [0.2, 0.25) is 11.8 Å². The van der Waals surface area contributed by atoms with E-state index in [1.165, 1.54) is 32.1 Å². The Bertz CT molecular complexity index is 346. The number of nitrogens with zero attached hydrogens (tertiary/aromatic N) is 1. The molecular weight excluding hydrogens is 252 g/mol. The second kappa shape index (κ2) is 7.09. The van der Waals surface area contributed by atoms with Crippen LogP contribution in [0.1, 0.15) is 65.2 Å². The molecule has 1 N–H and O–H groups in total. The number of nitrogens with one attached hydrogen (secondary N) is 1. The van der Waals surface area contributed by atoms with Gasteiger partial charge in [-0.2, -0.15) is 0 Å². The molecular formula is C16H28N2O2. The summed E-state index contributed by atoms with van der Waals surface area (Å²) < 4.78 is 0. The molecule has 0 aromatic heterocycles. The standard InChI is InChI=1S/C16H28N2O2/c1-12(2)18-11-13(10-15(18)19)16(20)17-14-8-6-4-3-5-7-9-14/h12-14H,3-11H2,1-2H3,(H,17,20)/t13-/m1/s1. The van der Waals surface area contributed by atoms with Gasteiger partial charge in [0.15, 0.2) is 0 Å². The Morgan fingerprint density at radius 1 is 1.15 bits per heavy atom. The first-order valence-corrected chi connectivity index (χ1v) is 8.17. The van der Waals surface area contributed by atoms with Gasteiger partial charge < -0.3 is 10.2 Å². The number of likely N-dealkylation sites (tertiary alicyclic amines) is 1. The molecule has 1 saturated carbocycles. The molecule has 1 atom stereocenters. The van der Waals surface area contributed by atoms with Crippen LogP contribution >= 0.6 is 0 Å². The van der Waals surface area contributed by atoms with Crippen molar-refractivity contribution in [2.45, 2.75) is 77.3 Å². The molecule has 0 aromatic rings. The maximum absolute atomic E-state index is 12.3. The van der Waals surface area contributed by atoms with Crippen molar-refractivity contribution in [1.82, 2.24) is 10.2 Å². The molecule has 2 aliphatic rings. The first-order chi connectivity index (χ1) is 9.58. The maximum atomic E-state index is 12.3. The van der Waals surface area contributed by atoms with Crippen molar-refractivity contribution in [3.63, 3.8) is 0 Å². The summed E-state index contributed by atoms with van der Waals surface area (Å²) in [6.07, 6.45) is 8.92. The Hall–Kier alpha value is -1.06. The van der Waals surface area contributed by atoms with Gasteiger partial charge in [-0.3, -0.25) is 9.59 Å². The van der Waals surface area contributed by atoms with Crippen LogP contribution in [-0.2, 0) is 9.59 Å². The third-order valence-corrected chi connectivity index (χ3v) is 4.60. The van der Waals surface area contributed by atoms with Gasteiger partial charge >= 0.3 is 0 Å². The Morgan fingerprint density at radius 3 is 2.30 bits per heavy atom. The van der Waals surface area contributed by atoms with Crippen molar-refractivity contribution >= 4 is 11.8 Å². The van der Waals surface area contributed by atoms with Crippen LogP contribution < -0.4 is 5.32 Å². The average Bonchev–Trinajstić information content (AvgIpc) is 2.74. The number of amides is 2. The van der Waals surface area contributed by atoms with Crippen molar-refractivity contribution in [3.8, 4) is 0 Å². The van der Waals surface area contributed by atoms with Crippen LogP contribution in [-0.4, -0.2) is 35.3 Å². The number of rotatable bonds is 3. The molecule has 0 radical (unpaired) electrons. The van der Waals surface area contributed by atoms with Crippen LogP contribution in [0, 0.1) is 5.92 Å². The molecule has 0 bridgehead atoms. The highest BCUT2D eigenvalue weighted by Gasteiger charge is 2.35.